The normalized spacial score (nSPS) is 35.9. The Hall–Kier alpha value is -0.120. The quantitative estimate of drug-likeness (QED) is 0.833. The topological polar surface area (TPSA) is 18.5 Å². The molecule has 0 saturated carbocycles. The van der Waals surface area contributed by atoms with Crippen molar-refractivity contribution in [1.29, 1.82) is 0 Å². The van der Waals surface area contributed by atoms with Gasteiger partial charge in [0.05, 0.1) is 0 Å². The predicted octanol–water partition coefficient (Wildman–Crippen LogP) is 2.32. The van der Waals surface area contributed by atoms with Crippen molar-refractivity contribution in [3.05, 3.63) is 0 Å². The smallest absolute Gasteiger partial charge is 0.0117 e. The van der Waals surface area contributed by atoms with Gasteiger partial charge in [0.15, 0.2) is 0 Å². The summed E-state index contributed by atoms with van der Waals surface area (Å²) < 4.78 is 0. The number of rotatable bonds is 5. The van der Waals surface area contributed by atoms with Crippen molar-refractivity contribution < 1.29 is 0 Å². The van der Waals surface area contributed by atoms with E-state index in [0.29, 0.717) is 0 Å². The molecule has 116 valence electrons. The molecule has 2 unspecified atom stereocenters. The third-order valence-electron chi connectivity index (χ3n) is 6.09. The molecule has 3 aliphatic heterocycles. The number of nitrogens with zero attached hydrogens (tertiary/aromatic N) is 2. The van der Waals surface area contributed by atoms with E-state index in [0.717, 1.165) is 24.0 Å². The van der Waals surface area contributed by atoms with Gasteiger partial charge in [-0.1, -0.05) is 6.92 Å². The van der Waals surface area contributed by atoms with E-state index >= 15 is 0 Å². The van der Waals surface area contributed by atoms with Gasteiger partial charge in [-0.05, 0) is 84.1 Å². The highest BCUT2D eigenvalue weighted by molar-refractivity contribution is 4.92. The van der Waals surface area contributed by atoms with Crippen LogP contribution in [0.2, 0.25) is 0 Å². The Kier molecular flexibility index (Phi) is 5.00. The Balaban J connectivity index is 1.38. The lowest BCUT2D eigenvalue weighted by molar-refractivity contribution is 0.122. The molecular formula is C17H33N3. The number of hydrogen-bond donors (Lipinski definition) is 1. The molecule has 0 aromatic carbocycles. The third-order valence-corrected chi connectivity index (χ3v) is 6.09. The Labute approximate surface area is 125 Å². The molecule has 0 aromatic rings. The first-order chi connectivity index (χ1) is 9.74. The van der Waals surface area contributed by atoms with Gasteiger partial charge in [0, 0.05) is 18.1 Å². The van der Waals surface area contributed by atoms with Gasteiger partial charge in [0.2, 0.25) is 0 Å². The van der Waals surface area contributed by atoms with Crippen LogP contribution in [0.4, 0.5) is 0 Å². The third kappa shape index (κ3) is 3.55. The lowest BCUT2D eigenvalue weighted by Gasteiger charge is -2.37. The highest BCUT2D eigenvalue weighted by Gasteiger charge is 2.33. The van der Waals surface area contributed by atoms with Gasteiger partial charge in [-0.3, -0.25) is 0 Å². The zero-order valence-electron chi connectivity index (χ0n) is 13.5. The molecule has 0 aromatic heterocycles. The monoisotopic (exact) mass is 279 g/mol. The Morgan fingerprint density at radius 2 is 1.70 bits per heavy atom. The summed E-state index contributed by atoms with van der Waals surface area (Å²) in [6, 6.07) is 2.56. The van der Waals surface area contributed by atoms with E-state index in [-0.39, 0.29) is 0 Å². The van der Waals surface area contributed by atoms with Gasteiger partial charge in [-0.15, -0.1) is 0 Å². The van der Waals surface area contributed by atoms with E-state index in [1.807, 2.05) is 0 Å². The maximum Gasteiger partial charge on any atom is 0.0117 e. The van der Waals surface area contributed by atoms with Crippen LogP contribution in [0.25, 0.3) is 0 Å². The minimum Gasteiger partial charge on any atom is -0.311 e. The van der Waals surface area contributed by atoms with Crippen molar-refractivity contribution in [2.45, 2.75) is 70.0 Å². The largest absolute Gasteiger partial charge is 0.311 e. The van der Waals surface area contributed by atoms with Gasteiger partial charge < -0.3 is 15.1 Å². The van der Waals surface area contributed by atoms with Gasteiger partial charge >= 0.3 is 0 Å². The molecule has 0 radical (unpaired) electrons. The molecular weight excluding hydrogens is 246 g/mol. The zero-order valence-corrected chi connectivity index (χ0v) is 13.5. The molecule has 1 N–H and O–H groups in total. The molecule has 0 amide bonds. The van der Waals surface area contributed by atoms with Crippen LogP contribution in [-0.2, 0) is 0 Å². The molecule has 0 aliphatic carbocycles. The van der Waals surface area contributed by atoms with Crippen LogP contribution in [0.3, 0.4) is 0 Å². The molecule has 3 heterocycles. The van der Waals surface area contributed by atoms with E-state index in [1.165, 1.54) is 71.1 Å². The van der Waals surface area contributed by atoms with E-state index in [1.54, 1.807) is 0 Å². The number of piperidine rings is 2. The fourth-order valence-corrected chi connectivity index (χ4v) is 4.66. The molecule has 3 heteroatoms. The van der Waals surface area contributed by atoms with Crippen molar-refractivity contribution >= 4 is 0 Å². The lowest BCUT2D eigenvalue weighted by atomic mass is 9.89. The zero-order chi connectivity index (χ0) is 13.9. The maximum atomic E-state index is 3.76. The molecule has 20 heavy (non-hydrogen) atoms. The van der Waals surface area contributed by atoms with Gasteiger partial charge in [0.25, 0.3) is 0 Å². The lowest BCUT2D eigenvalue weighted by Crippen LogP contribution is -2.44. The highest BCUT2D eigenvalue weighted by Crippen LogP contribution is 2.32. The summed E-state index contributed by atoms with van der Waals surface area (Å²) in [7, 11) is 2.36. The average Bonchev–Trinajstić information content (AvgIpc) is 2.83. The molecule has 3 nitrogen and oxygen atoms in total. The SMILES string of the molecule is CCN1CCC(N(C)CCC2CC3CCC(C2)N3)CC1. The predicted molar refractivity (Wildman–Crippen MR) is 85.1 cm³/mol. The summed E-state index contributed by atoms with van der Waals surface area (Å²) in [6.45, 7) is 7.46. The van der Waals surface area contributed by atoms with Crippen LogP contribution in [0, 0.1) is 5.92 Å². The molecule has 0 spiro atoms. The van der Waals surface area contributed by atoms with Crippen LogP contribution in [0.1, 0.15) is 51.9 Å². The summed E-state index contributed by atoms with van der Waals surface area (Å²) >= 11 is 0. The van der Waals surface area contributed by atoms with Crippen LogP contribution >= 0.6 is 0 Å². The standard InChI is InChI=1S/C17H33N3/c1-3-20-10-7-17(8-11-20)19(2)9-6-14-12-15-4-5-16(13-14)18-15/h14-18H,3-13H2,1-2H3. The van der Waals surface area contributed by atoms with E-state index < -0.39 is 0 Å². The van der Waals surface area contributed by atoms with Crippen molar-refractivity contribution in [3.63, 3.8) is 0 Å². The van der Waals surface area contributed by atoms with E-state index in [4.69, 9.17) is 0 Å². The number of fused-ring (bicyclic) bond motifs is 2. The Morgan fingerprint density at radius 3 is 2.30 bits per heavy atom. The van der Waals surface area contributed by atoms with Crippen LogP contribution in [0.5, 0.6) is 0 Å². The van der Waals surface area contributed by atoms with Crippen molar-refractivity contribution in [1.82, 2.24) is 15.1 Å². The Morgan fingerprint density at radius 1 is 1.05 bits per heavy atom. The maximum absolute atomic E-state index is 3.76. The van der Waals surface area contributed by atoms with Crippen LogP contribution in [-0.4, -0.2) is 61.2 Å². The molecule has 3 aliphatic rings. The molecule has 3 saturated heterocycles. The van der Waals surface area contributed by atoms with Crippen LogP contribution < -0.4 is 5.32 Å². The highest BCUT2D eigenvalue weighted by atomic mass is 15.2. The second-order valence-corrected chi connectivity index (χ2v) is 7.41. The van der Waals surface area contributed by atoms with Crippen molar-refractivity contribution in [2.24, 2.45) is 5.92 Å². The average molecular weight is 279 g/mol. The first kappa shape index (κ1) is 14.8. The molecule has 2 atom stereocenters. The summed E-state index contributed by atoms with van der Waals surface area (Å²) in [5.74, 6) is 0.993. The first-order valence-electron chi connectivity index (χ1n) is 8.93. The van der Waals surface area contributed by atoms with Crippen molar-refractivity contribution in [2.75, 3.05) is 33.2 Å². The summed E-state index contributed by atoms with van der Waals surface area (Å²) in [5, 5.41) is 3.76. The minimum absolute atomic E-state index is 0.844. The van der Waals surface area contributed by atoms with Crippen molar-refractivity contribution in [3.8, 4) is 0 Å². The molecule has 2 bridgehead atoms. The van der Waals surface area contributed by atoms with Gasteiger partial charge in [-0.2, -0.15) is 0 Å². The van der Waals surface area contributed by atoms with Gasteiger partial charge in [0.1, 0.15) is 0 Å². The molecule has 3 fully saturated rings. The number of hydrogen-bond acceptors (Lipinski definition) is 3. The number of nitrogens with one attached hydrogen (secondary N) is 1. The first-order valence-corrected chi connectivity index (χ1v) is 8.93. The summed E-state index contributed by atoms with van der Waals surface area (Å²) in [6.07, 6.45) is 9.94. The van der Waals surface area contributed by atoms with E-state index in [2.05, 4.69) is 29.1 Å². The second kappa shape index (κ2) is 6.76. The Bertz CT molecular complexity index is 287. The summed E-state index contributed by atoms with van der Waals surface area (Å²) in [5.41, 5.74) is 0. The fraction of sp³-hybridized carbons (Fsp3) is 1.00. The van der Waals surface area contributed by atoms with Crippen LogP contribution in [0.15, 0.2) is 0 Å². The summed E-state index contributed by atoms with van der Waals surface area (Å²) in [4.78, 5) is 5.26. The minimum atomic E-state index is 0.844. The fourth-order valence-electron chi connectivity index (χ4n) is 4.66. The number of likely N-dealkylation sites (tertiary alicyclic amines) is 1. The molecule has 3 rings (SSSR count). The second-order valence-electron chi connectivity index (χ2n) is 7.41. The van der Waals surface area contributed by atoms with E-state index in [9.17, 15) is 0 Å². The van der Waals surface area contributed by atoms with Gasteiger partial charge in [-0.25, -0.2) is 0 Å².